The van der Waals surface area contributed by atoms with Crippen LogP contribution in [0.25, 0.3) is 0 Å². The number of nitrogens with zero attached hydrogens (tertiary/aromatic N) is 2. The third-order valence-corrected chi connectivity index (χ3v) is 2.38. The second kappa shape index (κ2) is 3.48. The lowest BCUT2D eigenvalue weighted by Crippen LogP contribution is -2.54. The van der Waals surface area contributed by atoms with E-state index in [-0.39, 0.29) is 5.69 Å². The molecule has 1 unspecified atom stereocenters. The summed E-state index contributed by atoms with van der Waals surface area (Å²) < 4.78 is 38.1. The molecule has 0 amide bonds. The maximum absolute atomic E-state index is 12.7. The molecule has 1 aliphatic rings. The van der Waals surface area contributed by atoms with Crippen molar-refractivity contribution in [2.45, 2.75) is 18.3 Å². The fraction of sp³-hybridized carbons (Fsp3) is 0.300. The number of benzene rings is 1. The van der Waals surface area contributed by atoms with Crippen LogP contribution in [0.5, 0.6) is 0 Å². The molecule has 6 heteroatoms. The molecule has 0 aromatic heterocycles. The van der Waals surface area contributed by atoms with Gasteiger partial charge in [-0.25, -0.2) is 5.01 Å². The molecule has 2 rings (SSSR count). The van der Waals surface area contributed by atoms with Gasteiger partial charge in [0, 0.05) is 12.6 Å². The molecule has 0 fully saturated rings. The van der Waals surface area contributed by atoms with Crippen LogP contribution in [0.15, 0.2) is 35.4 Å². The van der Waals surface area contributed by atoms with Crippen LogP contribution < -0.4 is 5.01 Å². The first kappa shape index (κ1) is 10.9. The van der Waals surface area contributed by atoms with E-state index in [9.17, 15) is 18.3 Å². The van der Waals surface area contributed by atoms with Crippen molar-refractivity contribution in [1.82, 2.24) is 0 Å². The molecule has 1 heterocycles. The zero-order valence-electron chi connectivity index (χ0n) is 8.15. The molecule has 1 aromatic carbocycles. The molecule has 0 bridgehead atoms. The van der Waals surface area contributed by atoms with Crippen molar-refractivity contribution >= 4 is 11.9 Å². The maximum Gasteiger partial charge on any atom is 0.438 e. The summed E-state index contributed by atoms with van der Waals surface area (Å²) in [5.41, 5.74) is -2.73. The molecule has 1 N–H and O–H groups in total. The average Bonchev–Trinajstić information content (AvgIpc) is 2.62. The van der Waals surface area contributed by atoms with Gasteiger partial charge < -0.3 is 5.11 Å². The van der Waals surface area contributed by atoms with Gasteiger partial charge in [0.25, 0.3) is 5.72 Å². The van der Waals surface area contributed by atoms with Crippen LogP contribution >= 0.6 is 0 Å². The monoisotopic (exact) mass is 230 g/mol. The Morgan fingerprint density at radius 1 is 1.25 bits per heavy atom. The highest BCUT2D eigenvalue weighted by atomic mass is 19.4. The summed E-state index contributed by atoms with van der Waals surface area (Å²) in [7, 11) is 0. The van der Waals surface area contributed by atoms with E-state index < -0.39 is 18.3 Å². The molecule has 0 spiro atoms. The first-order chi connectivity index (χ1) is 7.45. The molecule has 0 aliphatic carbocycles. The minimum Gasteiger partial charge on any atom is -0.362 e. The highest BCUT2D eigenvalue weighted by molar-refractivity contribution is 5.68. The number of anilines is 1. The lowest BCUT2D eigenvalue weighted by atomic mass is 10.1. The van der Waals surface area contributed by atoms with Gasteiger partial charge in [-0.15, -0.1) is 0 Å². The minimum atomic E-state index is -4.75. The Morgan fingerprint density at radius 2 is 1.88 bits per heavy atom. The quantitative estimate of drug-likeness (QED) is 0.802. The van der Waals surface area contributed by atoms with Gasteiger partial charge in [-0.2, -0.15) is 18.3 Å². The predicted molar refractivity (Wildman–Crippen MR) is 53.0 cm³/mol. The third-order valence-electron chi connectivity index (χ3n) is 2.38. The lowest BCUT2D eigenvalue weighted by Gasteiger charge is -2.34. The number of para-hydroxylation sites is 1. The number of aliphatic hydroxyl groups is 1. The smallest absolute Gasteiger partial charge is 0.362 e. The third kappa shape index (κ3) is 1.55. The second-order valence-electron chi connectivity index (χ2n) is 3.46. The first-order valence-corrected chi connectivity index (χ1v) is 4.62. The second-order valence-corrected chi connectivity index (χ2v) is 3.46. The van der Waals surface area contributed by atoms with E-state index in [4.69, 9.17) is 0 Å². The molecule has 16 heavy (non-hydrogen) atoms. The van der Waals surface area contributed by atoms with Gasteiger partial charge in [-0.1, -0.05) is 18.2 Å². The average molecular weight is 230 g/mol. The standard InChI is InChI=1S/C10H9F3N2O/c11-10(12,13)9(16)6-7-14-15(9)8-4-2-1-3-5-8/h1-5,7,16H,6H2. The number of hydrogen-bond acceptors (Lipinski definition) is 3. The Labute approximate surface area is 89.8 Å². The van der Waals surface area contributed by atoms with Crippen LogP contribution in [-0.2, 0) is 0 Å². The van der Waals surface area contributed by atoms with Crippen molar-refractivity contribution in [2.24, 2.45) is 5.10 Å². The Hall–Kier alpha value is -1.56. The van der Waals surface area contributed by atoms with Gasteiger partial charge in [0.05, 0.1) is 5.69 Å². The van der Waals surface area contributed by atoms with Gasteiger partial charge >= 0.3 is 6.18 Å². The summed E-state index contributed by atoms with van der Waals surface area (Å²) in [6.45, 7) is 0. The van der Waals surface area contributed by atoms with E-state index in [0.29, 0.717) is 5.01 Å². The number of rotatable bonds is 1. The summed E-state index contributed by atoms with van der Waals surface area (Å²) >= 11 is 0. The molecule has 0 saturated heterocycles. The van der Waals surface area contributed by atoms with Crippen molar-refractivity contribution in [3.8, 4) is 0 Å². The molecular weight excluding hydrogens is 221 g/mol. The van der Waals surface area contributed by atoms with Gasteiger partial charge in [0.2, 0.25) is 0 Å². The fourth-order valence-electron chi connectivity index (χ4n) is 1.52. The topological polar surface area (TPSA) is 35.8 Å². The molecule has 86 valence electrons. The van der Waals surface area contributed by atoms with Crippen molar-refractivity contribution < 1.29 is 18.3 Å². The maximum atomic E-state index is 12.7. The zero-order chi connectivity index (χ0) is 11.8. The van der Waals surface area contributed by atoms with E-state index in [1.165, 1.54) is 12.1 Å². The van der Waals surface area contributed by atoms with Crippen LogP contribution in [0.1, 0.15) is 6.42 Å². The van der Waals surface area contributed by atoms with E-state index >= 15 is 0 Å². The number of alkyl halides is 3. The SMILES string of the molecule is OC1(C(F)(F)F)CC=NN1c1ccccc1. The molecule has 1 aromatic rings. The van der Waals surface area contributed by atoms with E-state index in [0.717, 1.165) is 6.21 Å². The summed E-state index contributed by atoms with van der Waals surface area (Å²) in [4.78, 5) is 0. The zero-order valence-corrected chi connectivity index (χ0v) is 8.15. The number of hydrazone groups is 1. The number of hydrogen-bond donors (Lipinski definition) is 1. The lowest BCUT2D eigenvalue weighted by molar-refractivity contribution is -0.254. The first-order valence-electron chi connectivity index (χ1n) is 4.62. The van der Waals surface area contributed by atoms with Crippen LogP contribution in [0.2, 0.25) is 0 Å². The summed E-state index contributed by atoms with van der Waals surface area (Å²) in [5, 5.41) is 13.8. The van der Waals surface area contributed by atoms with E-state index in [1.54, 1.807) is 18.2 Å². The highest BCUT2D eigenvalue weighted by Crippen LogP contribution is 2.40. The molecule has 1 atom stereocenters. The van der Waals surface area contributed by atoms with Crippen LogP contribution in [0.3, 0.4) is 0 Å². The summed E-state index contributed by atoms with van der Waals surface area (Å²) in [6.07, 6.45) is -4.26. The van der Waals surface area contributed by atoms with Crippen molar-refractivity contribution in [3.63, 3.8) is 0 Å². The molecule has 1 aliphatic heterocycles. The van der Waals surface area contributed by atoms with Crippen molar-refractivity contribution in [2.75, 3.05) is 5.01 Å². The van der Waals surface area contributed by atoms with Crippen LogP contribution in [-0.4, -0.2) is 23.2 Å². The minimum absolute atomic E-state index is 0.205. The Bertz CT molecular complexity index is 404. The molecule has 0 saturated carbocycles. The molecule has 0 radical (unpaired) electrons. The van der Waals surface area contributed by atoms with E-state index in [2.05, 4.69) is 5.10 Å². The normalized spacial score (nSPS) is 25.1. The highest BCUT2D eigenvalue weighted by Gasteiger charge is 2.60. The Balaban J connectivity index is 2.38. The van der Waals surface area contributed by atoms with Gasteiger partial charge in [-0.3, -0.25) is 0 Å². The summed E-state index contributed by atoms with van der Waals surface area (Å²) in [5.74, 6) is 0. The van der Waals surface area contributed by atoms with Crippen LogP contribution in [0, 0.1) is 0 Å². The van der Waals surface area contributed by atoms with E-state index in [1.807, 2.05) is 0 Å². The van der Waals surface area contributed by atoms with Gasteiger partial charge in [0.1, 0.15) is 0 Å². The molecular formula is C10H9F3N2O. The number of halogens is 3. The van der Waals surface area contributed by atoms with Gasteiger partial charge in [-0.05, 0) is 12.1 Å². The predicted octanol–water partition coefficient (Wildman–Crippen LogP) is 2.13. The Morgan fingerprint density at radius 3 is 2.44 bits per heavy atom. The largest absolute Gasteiger partial charge is 0.438 e. The van der Waals surface area contributed by atoms with Gasteiger partial charge in [0.15, 0.2) is 0 Å². The van der Waals surface area contributed by atoms with Crippen LogP contribution in [0.4, 0.5) is 18.9 Å². The Kier molecular flexibility index (Phi) is 2.38. The fourth-order valence-corrected chi connectivity index (χ4v) is 1.52. The van der Waals surface area contributed by atoms with Crippen molar-refractivity contribution in [1.29, 1.82) is 0 Å². The molecule has 3 nitrogen and oxygen atoms in total. The van der Waals surface area contributed by atoms with Crippen molar-refractivity contribution in [3.05, 3.63) is 30.3 Å². The summed E-state index contributed by atoms with van der Waals surface area (Å²) in [6, 6.07) is 7.76.